The van der Waals surface area contributed by atoms with Crippen LogP contribution in [0.15, 0.2) is 12.4 Å². The van der Waals surface area contributed by atoms with Crippen LogP contribution in [0.25, 0.3) is 0 Å². The van der Waals surface area contributed by atoms with Crippen molar-refractivity contribution in [2.24, 2.45) is 5.92 Å². The molecule has 1 aromatic rings. The largest absolute Gasteiger partial charge is 0.381 e. The molecule has 0 unspecified atom stereocenters. The summed E-state index contributed by atoms with van der Waals surface area (Å²) in [6.07, 6.45) is 10.3. The first kappa shape index (κ1) is 17.9. The number of carbonyl (C=O) groups excluding carboxylic acids is 1. The van der Waals surface area contributed by atoms with Crippen molar-refractivity contribution in [1.82, 2.24) is 20.2 Å². The van der Waals surface area contributed by atoms with Gasteiger partial charge >= 0.3 is 0 Å². The van der Waals surface area contributed by atoms with Gasteiger partial charge in [-0.2, -0.15) is 0 Å². The minimum absolute atomic E-state index is 0.0349. The number of aromatic nitrogens is 2. The molecule has 0 spiro atoms. The van der Waals surface area contributed by atoms with Crippen LogP contribution < -0.4 is 5.32 Å². The zero-order valence-corrected chi connectivity index (χ0v) is 15.7. The van der Waals surface area contributed by atoms with Gasteiger partial charge in [0.2, 0.25) is 0 Å². The summed E-state index contributed by atoms with van der Waals surface area (Å²) in [5, 5.41) is 3.27. The minimum atomic E-state index is -0.0349. The van der Waals surface area contributed by atoms with E-state index >= 15 is 0 Å². The maximum Gasteiger partial charge on any atom is 0.254 e. The number of ether oxygens (including phenoxy) is 1. The van der Waals surface area contributed by atoms with Gasteiger partial charge in [0.25, 0.3) is 5.91 Å². The van der Waals surface area contributed by atoms with Gasteiger partial charge in [0.15, 0.2) is 0 Å². The van der Waals surface area contributed by atoms with Crippen molar-refractivity contribution >= 4 is 5.91 Å². The number of rotatable bonds is 6. The molecule has 0 bridgehead atoms. The maximum atomic E-state index is 12.7. The third-order valence-electron chi connectivity index (χ3n) is 6.03. The Balaban J connectivity index is 1.38. The van der Waals surface area contributed by atoms with Crippen LogP contribution in [0.4, 0.5) is 0 Å². The molecule has 3 heterocycles. The third kappa shape index (κ3) is 4.07. The molecule has 1 amide bonds. The third-order valence-corrected chi connectivity index (χ3v) is 6.03. The molecule has 26 heavy (non-hydrogen) atoms. The zero-order chi connectivity index (χ0) is 17.9. The monoisotopic (exact) mass is 358 g/mol. The van der Waals surface area contributed by atoms with Gasteiger partial charge in [-0.15, -0.1) is 0 Å². The summed E-state index contributed by atoms with van der Waals surface area (Å²) in [5.74, 6) is 1.90. The molecule has 3 fully saturated rings. The van der Waals surface area contributed by atoms with Crippen molar-refractivity contribution in [3.05, 3.63) is 23.8 Å². The lowest BCUT2D eigenvalue weighted by Crippen LogP contribution is -2.42. The number of hydrogen-bond acceptors (Lipinski definition) is 5. The Kier molecular flexibility index (Phi) is 5.50. The highest BCUT2D eigenvalue weighted by Gasteiger charge is 2.37. The summed E-state index contributed by atoms with van der Waals surface area (Å²) in [5.41, 5.74) is 0.578. The van der Waals surface area contributed by atoms with Gasteiger partial charge in [-0.3, -0.25) is 9.69 Å². The van der Waals surface area contributed by atoms with Crippen LogP contribution in [0, 0.1) is 5.92 Å². The van der Waals surface area contributed by atoms with Crippen molar-refractivity contribution in [2.75, 3.05) is 26.3 Å². The van der Waals surface area contributed by atoms with E-state index in [1.165, 1.54) is 12.8 Å². The lowest BCUT2D eigenvalue weighted by molar-refractivity contribution is 0.0405. The van der Waals surface area contributed by atoms with Crippen LogP contribution in [-0.2, 0) is 4.74 Å². The lowest BCUT2D eigenvalue weighted by atomic mass is 9.98. The highest BCUT2D eigenvalue weighted by atomic mass is 16.5. The second kappa shape index (κ2) is 8.01. The first-order chi connectivity index (χ1) is 12.7. The van der Waals surface area contributed by atoms with E-state index in [1.54, 1.807) is 12.4 Å². The summed E-state index contributed by atoms with van der Waals surface area (Å²) in [6, 6.07) is 0.819. The molecule has 6 nitrogen and oxygen atoms in total. The Hall–Kier alpha value is -1.53. The second-order valence-corrected chi connectivity index (χ2v) is 8.03. The molecule has 142 valence electrons. The van der Waals surface area contributed by atoms with Crippen LogP contribution in [-0.4, -0.2) is 59.2 Å². The number of likely N-dealkylation sites (tertiary alicyclic amines) is 1. The first-order valence-electron chi connectivity index (χ1n) is 10.2. The quantitative estimate of drug-likeness (QED) is 0.846. The van der Waals surface area contributed by atoms with Crippen molar-refractivity contribution in [3.8, 4) is 0 Å². The summed E-state index contributed by atoms with van der Waals surface area (Å²) in [7, 11) is 0. The van der Waals surface area contributed by atoms with E-state index in [-0.39, 0.29) is 11.9 Å². The Bertz CT molecular complexity index is 611. The molecule has 1 saturated carbocycles. The van der Waals surface area contributed by atoms with Gasteiger partial charge in [0.05, 0.1) is 5.56 Å². The molecule has 6 heteroatoms. The van der Waals surface area contributed by atoms with Gasteiger partial charge in [-0.25, -0.2) is 9.97 Å². The van der Waals surface area contributed by atoms with Crippen LogP contribution in [0.5, 0.6) is 0 Å². The van der Waals surface area contributed by atoms with Crippen LogP contribution in [0.3, 0.4) is 0 Å². The summed E-state index contributed by atoms with van der Waals surface area (Å²) < 4.78 is 5.50. The standard InChI is InChI=1S/C20H30N4O2/c1-2-3-15-12-24(17-6-8-26-9-7-17)13-18(15)23-20(25)16-10-21-19(22-11-16)14-4-5-14/h10-11,14-15,17-18H,2-9,12-13H2,1H3,(H,23,25)/t15-,18-/m1/s1. The van der Waals surface area contributed by atoms with E-state index in [4.69, 9.17) is 4.74 Å². The second-order valence-electron chi connectivity index (χ2n) is 8.03. The number of nitrogens with one attached hydrogen (secondary N) is 1. The summed E-state index contributed by atoms with van der Waals surface area (Å²) in [4.78, 5) is 24.0. The van der Waals surface area contributed by atoms with Gasteiger partial charge in [0, 0.05) is 56.7 Å². The number of carbonyl (C=O) groups is 1. The molecule has 2 atom stereocenters. The molecular weight excluding hydrogens is 328 g/mol. The van der Waals surface area contributed by atoms with Crippen LogP contribution in [0.1, 0.15) is 67.5 Å². The maximum absolute atomic E-state index is 12.7. The average Bonchev–Trinajstić information content (AvgIpc) is 3.46. The molecule has 4 rings (SSSR count). The molecule has 1 aromatic heterocycles. The molecule has 1 aliphatic carbocycles. The lowest BCUT2D eigenvalue weighted by Gasteiger charge is -2.31. The number of amides is 1. The minimum Gasteiger partial charge on any atom is -0.381 e. The molecule has 0 radical (unpaired) electrons. The SMILES string of the molecule is CCC[C@@H]1CN(C2CCOCC2)C[C@H]1NC(=O)c1cnc(C2CC2)nc1. The molecule has 2 saturated heterocycles. The van der Waals surface area contributed by atoms with Gasteiger partial charge < -0.3 is 10.1 Å². The number of nitrogens with zero attached hydrogens (tertiary/aromatic N) is 3. The van der Waals surface area contributed by atoms with Crippen molar-refractivity contribution in [1.29, 1.82) is 0 Å². The molecular formula is C20H30N4O2. The van der Waals surface area contributed by atoms with E-state index in [1.807, 2.05) is 0 Å². The van der Waals surface area contributed by atoms with E-state index in [0.717, 1.165) is 57.8 Å². The zero-order valence-electron chi connectivity index (χ0n) is 15.7. The molecule has 3 aliphatic rings. The summed E-state index contributed by atoms with van der Waals surface area (Å²) >= 11 is 0. The topological polar surface area (TPSA) is 67.3 Å². The highest BCUT2D eigenvalue weighted by Crippen LogP contribution is 2.37. The van der Waals surface area contributed by atoms with Crippen molar-refractivity contribution in [3.63, 3.8) is 0 Å². The Labute approximate surface area is 155 Å². The Morgan fingerprint density at radius 2 is 1.92 bits per heavy atom. The van der Waals surface area contributed by atoms with Gasteiger partial charge in [-0.05, 0) is 38.0 Å². The average molecular weight is 358 g/mol. The fraction of sp³-hybridized carbons (Fsp3) is 0.750. The van der Waals surface area contributed by atoms with Gasteiger partial charge in [-0.1, -0.05) is 13.3 Å². The van der Waals surface area contributed by atoms with Crippen molar-refractivity contribution < 1.29 is 9.53 Å². The first-order valence-corrected chi connectivity index (χ1v) is 10.2. The predicted octanol–water partition coefficient (Wildman–Crippen LogP) is 2.36. The molecule has 1 N–H and O–H groups in total. The van der Waals surface area contributed by atoms with E-state index < -0.39 is 0 Å². The van der Waals surface area contributed by atoms with Gasteiger partial charge in [0.1, 0.15) is 5.82 Å². The normalized spacial score (nSPS) is 27.6. The predicted molar refractivity (Wildman–Crippen MR) is 99.1 cm³/mol. The van der Waals surface area contributed by atoms with E-state index in [9.17, 15) is 4.79 Å². The Morgan fingerprint density at radius 3 is 2.58 bits per heavy atom. The summed E-state index contributed by atoms with van der Waals surface area (Å²) in [6.45, 7) is 5.98. The molecule has 0 aromatic carbocycles. The van der Waals surface area contributed by atoms with Crippen LogP contribution in [0.2, 0.25) is 0 Å². The number of hydrogen-bond donors (Lipinski definition) is 1. The van der Waals surface area contributed by atoms with Crippen molar-refractivity contribution in [2.45, 2.75) is 63.5 Å². The fourth-order valence-electron chi connectivity index (χ4n) is 4.34. The van der Waals surface area contributed by atoms with E-state index in [2.05, 4.69) is 27.1 Å². The van der Waals surface area contributed by atoms with E-state index in [0.29, 0.717) is 23.4 Å². The smallest absolute Gasteiger partial charge is 0.254 e. The highest BCUT2D eigenvalue weighted by molar-refractivity contribution is 5.93. The van der Waals surface area contributed by atoms with Crippen LogP contribution >= 0.6 is 0 Å². The fourth-order valence-corrected chi connectivity index (χ4v) is 4.34. The Morgan fingerprint density at radius 1 is 1.19 bits per heavy atom. The molecule has 2 aliphatic heterocycles.